The Bertz CT molecular complexity index is 1020. The van der Waals surface area contributed by atoms with E-state index in [-0.39, 0.29) is 30.7 Å². The molecule has 0 unspecified atom stereocenters. The molecule has 3 aromatic rings. The zero-order valence-electron chi connectivity index (χ0n) is 15.9. The van der Waals surface area contributed by atoms with Gasteiger partial charge in [0.2, 0.25) is 5.91 Å². The third-order valence-electron chi connectivity index (χ3n) is 4.14. The molecule has 0 saturated heterocycles. The van der Waals surface area contributed by atoms with Crippen molar-refractivity contribution >= 4 is 40.4 Å². The Hall–Kier alpha value is -3.45. The first-order valence-corrected chi connectivity index (χ1v) is 10.0. The molecule has 0 atom stereocenters. The molecule has 1 aromatic heterocycles. The number of rotatable bonds is 7. The number of carbonyl (C=O) groups is 3. The fourth-order valence-corrected chi connectivity index (χ4v) is 3.35. The van der Waals surface area contributed by atoms with Crippen molar-refractivity contribution in [3.8, 4) is 0 Å². The Balaban J connectivity index is 1.57. The molecule has 6 nitrogen and oxygen atoms in total. The lowest BCUT2D eigenvalue weighted by molar-refractivity contribution is -0.116. The fraction of sp³-hybridized carbons (Fsp3) is 0.136. The number of hydrogen-bond donors (Lipinski definition) is 3. The van der Waals surface area contributed by atoms with Crippen molar-refractivity contribution in [2.45, 2.75) is 13.3 Å². The standard InChI is InChI=1S/C22H21N3O3S/c1-15-5-4-6-17(13-15)24-22(28)18-7-2-3-8-19(18)25-20(26)9-11-23-21(27)16-10-12-29-14-16/h2-8,10,12-14H,9,11H2,1H3,(H,23,27)(H,24,28)(H,25,26). The number of hydrogen-bond acceptors (Lipinski definition) is 4. The van der Waals surface area contributed by atoms with E-state index in [1.165, 1.54) is 11.3 Å². The van der Waals surface area contributed by atoms with Crippen LogP contribution in [0.25, 0.3) is 0 Å². The molecular formula is C22H21N3O3S. The van der Waals surface area contributed by atoms with E-state index in [9.17, 15) is 14.4 Å². The van der Waals surface area contributed by atoms with Gasteiger partial charge in [0.1, 0.15) is 0 Å². The number of amides is 3. The number of benzene rings is 2. The number of aryl methyl sites for hydroxylation is 1. The predicted molar refractivity (Wildman–Crippen MR) is 115 cm³/mol. The van der Waals surface area contributed by atoms with Gasteiger partial charge >= 0.3 is 0 Å². The molecule has 0 radical (unpaired) electrons. The van der Waals surface area contributed by atoms with Crippen molar-refractivity contribution in [2.24, 2.45) is 0 Å². The second kappa shape index (κ2) is 9.66. The van der Waals surface area contributed by atoms with Gasteiger partial charge in [-0.05, 0) is 48.2 Å². The van der Waals surface area contributed by atoms with Crippen LogP contribution in [0.2, 0.25) is 0 Å². The summed E-state index contributed by atoms with van der Waals surface area (Å²) in [5.41, 5.74) is 3.09. The maximum absolute atomic E-state index is 12.6. The highest BCUT2D eigenvalue weighted by Crippen LogP contribution is 2.18. The molecule has 0 spiro atoms. The van der Waals surface area contributed by atoms with Crippen molar-refractivity contribution in [2.75, 3.05) is 17.2 Å². The van der Waals surface area contributed by atoms with Gasteiger partial charge in [0.05, 0.1) is 11.3 Å². The van der Waals surface area contributed by atoms with Crippen LogP contribution in [-0.4, -0.2) is 24.3 Å². The largest absolute Gasteiger partial charge is 0.351 e. The van der Waals surface area contributed by atoms with Crippen molar-refractivity contribution < 1.29 is 14.4 Å². The molecule has 148 valence electrons. The van der Waals surface area contributed by atoms with Gasteiger partial charge in [-0.2, -0.15) is 11.3 Å². The van der Waals surface area contributed by atoms with Crippen LogP contribution in [0.15, 0.2) is 65.4 Å². The van der Waals surface area contributed by atoms with E-state index in [2.05, 4.69) is 16.0 Å². The first-order valence-electron chi connectivity index (χ1n) is 9.10. The molecule has 3 N–H and O–H groups in total. The summed E-state index contributed by atoms with van der Waals surface area (Å²) in [6.45, 7) is 2.15. The van der Waals surface area contributed by atoms with Gasteiger partial charge in [-0.25, -0.2) is 0 Å². The normalized spacial score (nSPS) is 10.2. The summed E-state index contributed by atoms with van der Waals surface area (Å²) in [5.74, 6) is -0.805. The van der Waals surface area contributed by atoms with E-state index in [0.29, 0.717) is 22.5 Å². The molecule has 0 aliphatic heterocycles. The molecule has 0 aliphatic carbocycles. The van der Waals surface area contributed by atoms with Crippen LogP contribution < -0.4 is 16.0 Å². The molecule has 0 saturated carbocycles. The van der Waals surface area contributed by atoms with Crippen LogP contribution in [0.3, 0.4) is 0 Å². The van der Waals surface area contributed by atoms with Crippen LogP contribution in [0, 0.1) is 6.92 Å². The van der Waals surface area contributed by atoms with E-state index in [1.54, 1.807) is 35.7 Å². The minimum Gasteiger partial charge on any atom is -0.351 e. The summed E-state index contributed by atoms with van der Waals surface area (Å²) in [7, 11) is 0. The third kappa shape index (κ3) is 5.76. The molecule has 2 aromatic carbocycles. The number of nitrogens with one attached hydrogen (secondary N) is 3. The highest BCUT2D eigenvalue weighted by molar-refractivity contribution is 7.08. The van der Waals surface area contributed by atoms with E-state index in [4.69, 9.17) is 0 Å². The Morgan fingerprint density at radius 2 is 1.76 bits per heavy atom. The van der Waals surface area contributed by atoms with Gasteiger partial charge < -0.3 is 16.0 Å². The summed E-state index contributed by atoms with van der Waals surface area (Å²) < 4.78 is 0. The second-order valence-corrected chi connectivity index (χ2v) is 7.22. The van der Waals surface area contributed by atoms with Gasteiger partial charge in [-0.1, -0.05) is 24.3 Å². The smallest absolute Gasteiger partial charge is 0.257 e. The average molecular weight is 407 g/mol. The quantitative estimate of drug-likeness (QED) is 0.552. The summed E-state index contributed by atoms with van der Waals surface area (Å²) in [4.78, 5) is 36.8. The Morgan fingerprint density at radius 1 is 0.931 bits per heavy atom. The topological polar surface area (TPSA) is 87.3 Å². The van der Waals surface area contributed by atoms with Crippen molar-refractivity contribution in [1.82, 2.24) is 5.32 Å². The summed E-state index contributed by atoms with van der Waals surface area (Å²) >= 11 is 1.44. The molecule has 29 heavy (non-hydrogen) atoms. The molecule has 0 fully saturated rings. The molecule has 3 rings (SSSR count). The highest BCUT2D eigenvalue weighted by atomic mass is 32.1. The van der Waals surface area contributed by atoms with Crippen molar-refractivity contribution in [1.29, 1.82) is 0 Å². The minimum atomic E-state index is -0.308. The lowest BCUT2D eigenvalue weighted by Crippen LogP contribution is -2.27. The van der Waals surface area contributed by atoms with E-state index >= 15 is 0 Å². The van der Waals surface area contributed by atoms with Gasteiger partial charge in [0, 0.05) is 29.6 Å². The summed E-state index contributed by atoms with van der Waals surface area (Å²) in [5, 5.41) is 11.9. The van der Waals surface area contributed by atoms with Gasteiger partial charge in [0.25, 0.3) is 11.8 Å². The number of carbonyl (C=O) groups excluding carboxylic acids is 3. The molecule has 0 bridgehead atoms. The van der Waals surface area contributed by atoms with Crippen LogP contribution in [0.5, 0.6) is 0 Å². The molecule has 0 aliphatic rings. The maximum atomic E-state index is 12.6. The maximum Gasteiger partial charge on any atom is 0.257 e. The SMILES string of the molecule is Cc1cccc(NC(=O)c2ccccc2NC(=O)CCNC(=O)c2ccsc2)c1. The van der Waals surface area contributed by atoms with Gasteiger partial charge in [-0.3, -0.25) is 14.4 Å². The molecule has 7 heteroatoms. The molecule has 1 heterocycles. The summed E-state index contributed by atoms with van der Waals surface area (Å²) in [6.07, 6.45) is 0.101. The monoisotopic (exact) mass is 407 g/mol. The van der Waals surface area contributed by atoms with Crippen LogP contribution >= 0.6 is 11.3 Å². The first kappa shape index (κ1) is 20.3. The first-order chi connectivity index (χ1) is 14.0. The number of thiophene rings is 1. The Kier molecular flexibility index (Phi) is 6.76. The average Bonchev–Trinajstić information content (AvgIpc) is 3.23. The second-order valence-electron chi connectivity index (χ2n) is 6.44. The van der Waals surface area contributed by atoms with Crippen molar-refractivity contribution in [3.63, 3.8) is 0 Å². The van der Waals surface area contributed by atoms with E-state index in [0.717, 1.165) is 5.56 Å². The zero-order chi connectivity index (χ0) is 20.6. The van der Waals surface area contributed by atoms with Gasteiger partial charge in [-0.15, -0.1) is 0 Å². The van der Waals surface area contributed by atoms with Crippen LogP contribution in [0.4, 0.5) is 11.4 Å². The minimum absolute atomic E-state index is 0.101. The van der Waals surface area contributed by atoms with E-state index < -0.39 is 0 Å². The summed E-state index contributed by atoms with van der Waals surface area (Å²) in [6, 6.07) is 16.0. The number of para-hydroxylation sites is 1. The highest BCUT2D eigenvalue weighted by Gasteiger charge is 2.14. The fourth-order valence-electron chi connectivity index (χ4n) is 2.71. The van der Waals surface area contributed by atoms with Crippen LogP contribution in [0.1, 0.15) is 32.7 Å². The third-order valence-corrected chi connectivity index (χ3v) is 4.83. The molecular weight excluding hydrogens is 386 g/mol. The van der Waals surface area contributed by atoms with Crippen molar-refractivity contribution in [3.05, 3.63) is 82.0 Å². The lowest BCUT2D eigenvalue weighted by atomic mass is 10.1. The number of anilines is 2. The zero-order valence-corrected chi connectivity index (χ0v) is 16.7. The van der Waals surface area contributed by atoms with Crippen LogP contribution in [-0.2, 0) is 4.79 Å². The molecule has 3 amide bonds. The lowest BCUT2D eigenvalue weighted by Gasteiger charge is -2.12. The Labute approximate surface area is 173 Å². The predicted octanol–water partition coefficient (Wildman–Crippen LogP) is 4.07. The van der Waals surface area contributed by atoms with E-state index in [1.807, 2.05) is 36.6 Å². The van der Waals surface area contributed by atoms with Gasteiger partial charge in [0.15, 0.2) is 0 Å². The Morgan fingerprint density at radius 3 is 2.52 bits per heavy atom.